The molecule has 0 aliphatic carbocycles. The fourth-order valence-corrected chi connectivity index (χ4v) is 1.45. The predicted molar refractivity (Wildman–Crippen MR) is 52.0 cm³/mol. The van der Waals surface area contributed by atoms with Crippen molar-refractivity contribution in [1.82, 2.24) is 4.98 Å². The standard InChI is InChI=1S/C10H18N2/c1-6(2)10(11)9-5-7(3)12-8(9)4/h5-6,10,12H,11H2,1-4H3. The van der Waals surface area contributed by atoms with Gasteiger partial charge in [-0.15, -0.1) is 0 Å². The molecule has 3 N–H and O–H groups in total. The third kappa shape index (κ3) is 1.69. The molecule has 0 saturated carbocycles. The lowest BCUT2D eigenvalue weighted by Crippen LogP contribution is -2.16. The van der Waals surface area contributed by atoms with Crippen LogP contribution in [0.25, 0.3) is 0 Å². The van der Waals surface area contributed by atoms with Gasteiger partial charge in [0.15, 0.2) is 0 Å². The molecule has 0 aliphatic heterocycles. The van der Waals surface area contributed by atoms with Crippen LogP contribution < -0.4 is 5.73 Å². The van der Waals surface area contributed by atoms with Gasteiger partial charge in [0.2, 0.25) is 0 Å². The van der Waals surface area contributed by atoms with Crippen molar-refractivity contribution in [3.8, 4) is 0 Å². The van der Waals surface area contributed by atoms with Gasteiger partial charge in [-0.25, -0.2) is 0 Å². The minimum absolute atomic E-state index is 0.162. The van der Waals surface area contributed by atoms with E-state index in [4.69, 9.17) is 5.73 Å². The van der Waals surface area contributed by atoms with Crippen LogP contribution in [0.4, 0.5) is 0 Å². The number of hydrogen-bond acceptors (Lipinski definition) is 1. The van der Waals surface area contributed by atoms with E-state index in [2.05, 4.69) is 38.7 Å². The van der Waals surface area contributed by atoms with Crippen LogP contribution in [0.2, 0.25) is 0 Å². The van der Waals surface area contributed by atoms with Gasteiger partial charge >= 0.3 is 0 Å². The van der Waals surface area contributed by atoms with Crippen molar-refractivity contribution < 1.29 is 0 Å². The lowest BCUT2D eigenvalue weighted by atomic mass is 9.97. The van der Waals surface area contributed by atoms with Gasteiger partial charge in [-0.2, -0.15) is 0 Å². The Labute approximate surface area is 74.2 Å². The fraction of sp³-hybridized carbons (Fsp3) is 0.600. The second-order valence-corrected chi connectivity index (χ2v) is 3.80. The number of H-pyrrole nitrogens is 1. The van der Waals surface area contributed by atoms with Crippen LogP contribution >= 0.6 is 0 Å². The van der Waals surface area contributed by atoms with Crippen LogP contribution in [0, 0.1) is 19.8 Å². The van der Waals surface area contributed by atoms with Crippen molar-refractivity contribution in [2.75, 3.05) is 0 Å². The summed E-state index contributed by atoms with van der Waals surface area (Å²) in [4.78, 5) is 3.26. The summed E-state index contributed by atoms with van der Waals surface area (Å²) in [6.45, 7) is 8.42. The van der Waals surface area contributed by atoms with E-state index in [9.17, 15) is 0 Å². The molecule has 0 bridgehead atoms. The zero-order valence-electron chi connectivity index (χ0n) is 8.31. The summed E-state index contributed by atoms with van der Waals surface area (Å²) in [6.07, 6.45) is 0. The highest BCUT2D eigenvalue weighted by molar-refractivity contribution is 5.27. The second-order valence-electron chi connectivity index (χ2n) is 3.80. The van der Waals surface area contributed by atoms with Crippen molar-refractivity contribution in [3.63, 3.8) is 0 Å². The highest BCUT2D eigenvalue weighted by Gasteiger charge is 2.13. The van der Waals surface area contributed by atoms with E-state index >= 15 is 0 Å². The molecule has 12 heavy (non-hydrogen) atoms. The van der Waals surface area contributed by atoms with E-state index in [1.165, 1.54) is 17.0 Å². The molecule has 0 saturated heterocycles. The van der Waals surface area contributed by atoms with Gasteiger partial charge < -0.3 is 10.7 Å². The topological polar surface area (TPSA) is 41.8 Å². The summed E-state index contributed by atoms with van der Waals surface area (Å²) in [5.41, 5.74) is 9.68. The van der Waals surface area contributed by atoms with Crippen molar-refractivity contribution in [2.45, 2.75) is 33.7 Å². The van der Waals surface area contributed by atoms with Gasteiger partial charge in [-0.05, 0) is 31.4 Å². The Morgan fingerprint density at radius 1 is 1.33 bits per heavy atom. The van der Waals surface area contributed by atoms with Gasteiger partial charge in [-0.1, -0.05) is 13.8 Å². The Bertz CT molecular complexity index is 261. The molecule has 1 atom stereocenters. The molecule has 2 nitrogen and oxygen atoms in total. The number of nitrogens with one attached hydrogen (secondary N) is 1. The zero-order valence-corrected chi connectivity index (χ0v) is 8.31. The summed E-state index contributed by atoms with van der Waals surface area (Å²) in [5.74, 6) is 0.499. The SMILES string of the molecule is Cc1cc(C(N)C(C)C)c(C)[nH]1. The van der Waals surface area contributed by atoms with E-state index in [1.807, 2.05) is 0 Å². The third-order valence-corrected chi connectivity index (χ3v) is 2.27. The Morgan fingerprint density at radius 3 is 2.25 bits per heavy atom. The maximum absolute atomic E-state index is 6.03. The second kappa shape index (κ2) is 3.31. The Kier molecular flexibility index (Phi) is 2.58. The molecule has 2 heteroatoms. The lowest BCUT2D eigenvalue weighted by Gasteiger charge is -2.14. The summed E-state index contributed by atoms with van der Waals surface area (Å²) >= 11 is 0. The first-order chi connectivity index (χ1) is 5.52. The van der Waals surface area contributed by atoms with Crippen molar-refractivity contribution >= 4 is 0 Å². The molecule has 1 heterocycles. The van der Waals surface area contributed by atoms with E-state index in [1.54, 1.807) is 0 Å². The average Bonchev–Trinajstić information content (AvgIpc) is 2.28. The summed E-state index contributed by atoms with van der Waals surface area (Å²) in [5, 5.41) is 0. The van der Waals surface area contributed by atoms with Gasteiger partial charge in [0.05, 0.1) is 0 Å². The quantitative estimate of drug-likeness (QED) is 0.695. The van der Waals surface area contributed by atoms with Crippen LogP contribution in [0.15, 0.2) is 6.07 Å². The molecule has 0 aliphatic rings. The molecule has 0 radical (unpaired) electrons. The van der Waals surface area contributed by atoms with E-state index in [0.29, 0.717) is 5.92 Å². The normalized spacial score (nSPS) is 13.8. The number of nitrogens with two attached hydrogens (primary N) is 1. The number of aromatic amines is 1. The zero-order chi connectivity index (χ0) is 9.30. The number of hydrogen-bond donors (Lipinski definition) is 2. The third-order valence-electron chi connectivity index (χ3n) is 2.27. The summed E-state index contributed by atoms with van der Waals surface area (Å²) < 4.78 is 0. The fourth-order valence-electron chi connectivity index (χ4n) is 1.45. The van der Waals surface area contributed by atoms with Gasteiger partial charge in [0.1, 0.15) is 0 Å². The van der Waals surface area contributed by atoms with Crippen molar-refractivity contribution in [2.24, 2.45) is 11.7 Å². The first-order valence-electron chi connectivity index (χ1n) is 4.44. The molecular weight excluding hydrogens is 148 g/mol. The molecule has 1 aromatic rings. The molecule has 0 spiro atoms. The van der Waals surface area contributed by atoms with Crippen molar-refractivity contribution in [1.29, 1.82) is 0 Å². The molecule has 1 rings (SSSR count). The molecule has 0 fully saturated rings. The van der Waals surface area contributed by atoms with Crippen LogP contribution in [-0.4, -0.2) is 4.98 Å². The minimum Gasteiger partial charge on any atom is -0.362 e. The smallest absolute Gasteiger partial charge is 0.0336 e. The predicted octanol–water partition coefficient (Wildman–Crippen LogP) is 2.29. The molecular formula is C10H18N2. The van der Waals surface area contributed by atoms with Crippen LogP contribution in [-0.2, 0) is 0 Å². The van der Waals surface area contributed by atoms with Crippen molar-refractivity contribution in [3.05, 3.63) is 23.0 Å². The van der Waals surface area contributed by atoms with Crippen LogP contribution in [0.5, 0.6) is 0 Å². The molecule has 0 amide bonds. The van der Waals surface area contributed by atoms with Gasteiger partial charge in [-0.3, -0.25) is 0 Å². The molecule has 68 valence electrons. The highest BCUT2D eigenvalue weighted by atomic mass is 14.7. The van der Waals surface area contributed by atoms with Crippen LogP contribution in [0.1, 0.15) is 36.8 Å². The largest absolute Gasteiger partial charge is 0.362 e. The maximum atomic E-state index is 6.03. The molecule has 0 aromatic carbocycles. The van der Waals surface area contributed by atoms with E-state index < -0.39 is 0 Å². The number of rotatable bonds is 2. The number of aryl methyl sites for hydroxylation is 2. The monoisotopic (exact) mass is 166 g/mol. The van der Waals surface area contributed by atoms with E-state index in [-0.39, 0.29) is 6.04 Å². The molecule has 1 aromatic heterocycles. The first kappa shape index (κ1) is 9.33. The number of aromatic nitrogens is 1. The lowest BCUT2D eigenvalue weighted by molar-refractivity contribution is 0.512. The highest BCUT2D eigenvalue weighted by Crippen LogP contribution is 2.22. The van der Waals surface area contributed by atoms with E-state index in [0.717, 1.165) is 0 Å². The Balaban J connectivity index is 2.94. The average molecular weight is 166 g/mol. The summed E-state index contributed by atoms with van der Waals surface area (Å²) in [6, 6.07) is 2.30. The van der Waals surface area contributed by atoms with Gasteiger partial charge in [0, 0.05) is 17.4 Å². The maximum Gasteiger partial charge on any atom is 0.0336 e. The minimum atomic E-state index is 0.162. The molecule has 1 unspecified atom stereocenters. The Hall–Kier alpha value is -0.760. The van der Waals surface area contributed by atoms with Gasteiger partial charge in [0.25, 0.3) is 0 Å². The van der Waals surface area contributed by atoms with Crippen LogP contribution in [0.3, 0.4) is 0 Å². The summed E-state index contributed by atoms with van der Waals surface area (Å²) in [7, 11) is 0. The Morgan fingerprint density at radius 2 is 1.92 bits per heavy atom. The first-order valence-corrected chi connectivity index (χ1v) is 4.44.